The van der Waals surface area contributed by atoms with Crippen LogP contribution in [0.2, 0.25) is 0 Å². The summed E-state index contributed by atoms with van der Waals surface area (Å²) in [5.41, 5.74) is 3.31. The minimum atomic E-state index is -0.452. The van der Waals surface area contributed by atoms with E-state index in [0.29, 0.717) is 11.3 Å². The van der Waals surface area contributed by atoms with Crippen molar-refractivity contribution in [2.75, 3.05) is 11.9 Å². The Hall–Kier alpha value is -3.60. The quantitative estimate of drug-likeness (QED) is 0.571. The molecule has 1 amide bonds. The molecule has 0 aliphatic heterocycles. The minimum absolute atomic E-state index is 0.192. The van der Waals surface area contributed by atoms with E-state index in [4.69, 9.17) is 9.47 Å². The molecule has 29 heavy (non-hydrogen) atoms. The summed E-state index contributed by atoms with van der Waals surface area (Å²) in [6.45, 7) is 2.06. The topological polar surface area (TPSA) is 64.6 Å². The van der Waals surface area contributed by atoms with Gasteiger partial charge in [-0.3, -0.25) is 4.79 Å². The van der Waals surface area contributed by atoms with E-state index in [-0.39, 0.29) is 19.1 Å². The molecular formula is C24H23NO4. The van der Waals surface area contributed by atoms with Crippen LogP contribution in [0.5, 0.6) is 5.75 Å². The van der Waals surface area contributed by atoms with Crippen LogP contribution in [0.1, 0.15) is 28.4 Å². The molecule has 148 valence electrons. The second kappa shape index (κ2) is 10.1. The number of hydrogen-bond donors (Lipinski definition) is 1. The Morgan fingerprint density at radius 3 is 2.28 bits per heavy atom. The maximum Gasteiger partial charge on any atom is 0.344 e. The average Bonchev–Trinajstić information content (AvgIpc) is 2.77. The summed E-state index contributed by atoms with van der Waals surface area (Å²) in [5, 5.41) is 2.93. The van der Waals surface area contributed by atoms with Gasteiger partial charge >= 0.3 is 5.97 Å². The lowest BCUT2D eigenvalue weighted by Gasteiger charge is -2.10. The first kappa shape index (κ1) is 20.1. The van der Waals surface area contributed by atoms with Gasteiger partial charge in [-0.2, -0.15) is 0 Å². The Kier molecular flexibility index (Phi) is 7.00. The van der Waals surface area contributed by atoms with Crippen molar-refractivity contribution in [1.82, 2.24) is 0 Å². The van der Waals surface area contributed by atoms with Gasteiger partial charge < -0.3 is 14.8 Å². The molecule has 0 heterocycles. The van der Waals surface area contributed by atoms with Gasteiger partial charge in [0.2, 0.25) is 0 Å². The van der Waals surface area contributed by atoms with Gasteiger partial charge in [-0.25, -0.2) is 4.79 Å². The van der Waals surface area contributed by atoms with Crippen molar-refractivity contribution in [2.24, 2.45) is 0 Å². The highest BCUT2D eigenvalue weighted by Crippen LogP contribution is 2.18. The zero-order chi connectivity index (χ0) is 20.5. The highest BCUT2D eigenvalue weighted by atomic mass is 16.6. The van der Waals surface area contributed by atoms with Gasteiger partial charge in [0.1, 0.15) is 12.4 Å². The Balaban J connectivity index is 1.49. The van der Waals surface area contributed by atoms with Crippen LogP contribution in [0.25, 0.3) is 0 Å². The van der Waals surface area contributed by atoms with Crippen LogP contribution in [0.4, 0.5) is 5.69 Å². The molecule has 1 N–H and O–H groups in total. The van der Waals surface area contributed by atoms with Crippen molar-refractivity contribution < 1.29 is 19.1 Å². The molecule has 3 aromatic carbocycles. The predicted molar refractivity (Wildman–Crippen MR) is 112 cm³/mol. The number of para-hydroxylation sites is 1. The molecule has 3 rings (SSSR count). The number of benzene rings is 3. The molecule has 0 saturated heterocycles. The number of hydrogen-bond acceptors (Lipinski definition) is 4. The summed E-state index contributed by atoms with van der Waals surface area (Å²) in [5.74, 6) is -0.154. The second-order valence-electron chi connectivity index (χ2n) is 6.42. The summed E-state index contributed by atoms with van der Waals surface area (Å²) >= 11 is 0. The van der Waals surface area contributed by atoms with E-state index in [0.717, 1.165) is 23.2 Å². The standard InChI is InChI=1S/C24H23NO4/c1-2-19-10-6-7-11-22(19)25-24(27)20-12-14-21(15-13-20)28-17-23(26)29-16-18-8-4-3-5-9-18/h3-15H,2,16-17H2,1H3,(H,25,27). The first-order chi connectivity index (χ1) is 14.2. The fraction of sp³-hybridized carbons (Fsp3) is 0.167. The third-order valence-corrected chi connectivity index (χ3v) is 4.36. The largest absolute Gasteiger partial charge is 0.482 e. The normalized spacial score (nSPS) is 10.2. The molecule has 0 unspecified atom stereocenters. The number of ether oxygens (including phenoxy) is 2. The molecule has 0 atom stereocenters. The lowest BCUT2D eigenvalue weighted by Crippen LogP contribution is -2.15. The smallest absolute Gasteiger partial charge is 0.344 e. The van der Waals surface area contributed by atoms with Crippen molar-refractivity contribution in [3.8, 4) is 5.75 Å². The molecule has 0 aromatic heterocycles. The SMILES string of the molecule is CCc1ccccc1NC(=O)c1ccc(OCC(=O)OCc2ccccc2)cc1. The molecule has 5 heteroatoms. The number of rotatable bonds is 8. The Labute approximate surface area is 170 Å². The van der Waals surface area contributed by atoms with Gasteiger partial charge in [0.15, 0.2) is 6.61 Å². The summed E-state index contributed by atoms with van der Waals surface area (Å²) in [6, 6.07) is 23.8. The highest BCUT2D eigenvalue weighted by Gasteiger charge is 2.09. The predicted octanol–water partition coefficient (Wildman–Crippen LogP) is 4.62. The zero-order valence-corrected chi connectivity index (χ0v) is 16.3. The van der Waals surface area contributed by atoms with Crippen LogP contribution in [0.3, 0.4) is 0 Å². The first-order valence-corrected chi connectivity index (χ1v) is 9.47. The van der Waals surface area contributed by atoms with E-state index in [1.165, 1.54) is 0 Å². The second-order valence-corrected chi connectivity index (χ2v) is 6.42. The molecule has 0 aliphatic carbocycles. The van der Waals surface area contributed by atoms with Gasteiger partial charge in [-0.05, 0) is 47.9 Å². The van der Waals surface area contributed by atoms with Crippen molar-refractivity contribution >= 4 is 17.6 Å². The van der Waals surface area contributed by atoms with E-state index >= 15 is 0 Å². The van der Waals surface area contributed by atoms with Gasteiger partial charge in [-0.1, -0.05) is 55.5 Å². The average molecular weight is 389 g/mol. The number of nitrogens with one attached hydrogen (secondary N) is 1. The molecule has 3 aromatic rings. The number of anilines is 1. The number of carbonyl (C=O) groups excluding carboxylic acids is 2. The molecule has 5 nitrogen and oxygen atoms in total. The number of carbonyl (C=O) groups is 2. The fourth-order valence-electron chi connectivity index (χ4n) is 2.77. The van der Waals surface area contributed by atoms with E-state index in [2.05, 4.69) is 5.32 Å². The van der Waals surface area contributed by atoms with Crippen molar-refractivity contribution in [1.29, 1.82) is 0 Å². The third kappa shape index (κ3) is 5.94. The third-order valence-electron chi connectivity index (χ3n) is 4.36. The van der Waals surface area contributed by atoms with Crippen LogP contribution >= 0.6 is 0 Å². The number of esters is 1. The van der Waals surface area contributed by atoms with Crippen LogP contribution < -0.4 is 10.1 Å². The Morgan fingerprint density at radius 2 is 1.55 bits per heavy atom. The van der Waals surface area contributed by atoms with E-state index in [9.17, 15) is 9.59 Å². The molecule has 0 aliphatic rings. The molecule has 0 spiro atoms. The summed E-state index contributed by atoms with van der Waals surface area (Å²) < 4.78 is 10.6. The van der Waals surface area contributed by atoms with E-state index in [1.54, 1.807) is 24.3 Å². The number of aryl methyl sites for hydroxylation is 1. The van der Waals surface area contributed by atoms with Crippen LogP contribution in [-0.4, -0.2) is 18.5 Å². The molecule has 0 saturated carbocycles. The summed E-state index contributed by atoms with van der Waals surface area (Å²) in [6.07, 6.45) is 0.837. The maximum atomic E-state index is 12.5. The highest BCUT2D eigenvalue weighted by molar-refractivity contribution is 6.04. The molecule has 0 bridgehead atoms. The zero-order valence-electron chi connectivity index (χ0n) is 16.3. The van der Waals surface area contributed by atoms with Gasteiger partial charge in [-0.15, -0.1) is 0 Å². The van der Waals surface area contributed by atoms with Crippen molar-refractivity contribution in [3.63, 3.8) is 0 Å². The molecule has 0 radical (unpaired) electrons. The van der Waals surface area contributed by atoms with E-state index < -0.39 is 5.97 Å². The lowest BCUT2D eigenvalue weighted by atomic mass is 10.1. The lowest BCUT2D eigenvalue weighted by molar-refractivity contribution is -0.147. The van der Waals surface area contributed by atoms with Crippen LogP contribution in [0, 0.1) is 0 Å². The number of amides is 1. The monoisotopic (exact) mass is 389 g/mol. The fourth-order valence-corrected chi connectivity index (χ4v) is 2.77. The maximum absolute atomic E-state index is 12.5. The van der Waals surface area contributed by atoms with Crippen molar-refractivity contribution in [2.45, 2.75) is 20.0 Å². The van der Waals surface area contributed by atoms with Crippen molar-refractivity contribution in [3.05, 3.63) is 95.6 Å². The Morgan fingerprint density at radius 1 is 0.862 bits per heavy atom. The minimum Gasteiger partial charge on any atom is -0.482 e. The summed E-state index contributed by atoms with van der Waals surface area (Å²) in [7, 11) is 0. The molecule has 0 fully saturated rings. The van der Waals surface area contributed by atoms with Gasteiger partial charge in [0.25, 0.3) is 5.91 Å². The van der Waals surface area contributed by atoms with E-state index in [1.807, 2.05) is 61.5 Å². The molecular weight excluding hydrogens is 366 g/mol. The van der Waals surface area contributed by atoms with Gasteiger partial charge in [0.05, 0.1) is 0 Å². The van der Waals surface area contributed by atoms with Crippen LogP contribution in [-0.2, 0) is 22.6 Å². The Bertz CT molecular complexity index is 952. The van der Waals surface area contributed by atoms with Crippen LogP contribution in [0.15, 0.2) is 78.9 Å². The summed E-state index contributed by atoms with van der Waals surface area (Å²) in [4.78, 5) is 24.3. The van der Waals surface area contributed by atoms with Gasteiger partial charge in [0, 0.05) is 11.3 Å². The first-order valence-electron chi connectivity index (χ1n) is 9.47.